The second kappa shape index (κ2) is 7.52. The Morgan fingerprint density at radius 1 is 0.971 bits per heavy atom. The topological polar surface area (TPSA) is 77.1 Å². The summed E-state index contributed by atoms with van der Waals surface area (Å²) in [6, 6.07) is 19.0. The number of nitrogens with zero attached hydrogens (tertiary/aromatic N) is 1. The van der Waals surface area contributed by atoms with Crippen LogP contribution < -0.4 is 24.4 Å². The minimum atomic E-state index is -0.945. The molecule has 3 aromatic carbocycles. The van der Waals surface area contributed by atoms with Crippen LogP contribution in [-0.2, 0) is 16.8 Å². The summed E-state index contributed by atoms with van der Waals surface area (Å²) in [7, 11) is 0. The van der Waals surface area contributed by atoms with Crippen LogP contribution in [0.15, 0.2) is 60.7 Å². The molecule has 3 aliphatic rings. The van der Waals surface area contributed by atoms with Crippen LogP contribution in [0.5, 0.6) is 17.2 Å². The van der Waals surface area contributed by atoms with E-state index in [-0.39, 0.29) is 31.3 Å². The van der Waals surface area contributed by atoms with Gasteiger partial charge in [-0.2, -0.15) is 0 Å². The van der Waals surface area contributed by atoms with Gasteiger partial charge in [-0.1, -0.05) is 30.3 Å². The van der Waals surface area contributed by atoms with Crippen LogP contribution in [0.2, 0.25) is 0 Å². The molecular weight excluding hydrogens is 432 g/mol. The quantitative estimate of drug-likeness (QED) is 0.647. The van der Waals surface area contributed by atoms with Gasteiger partial charge in [-0.25, -0.2) is 0 Å². The van der Waals surface area contributed by atoms with Crippen LogP contribution in [0, 0.1) is 0 Å². The number of ether oxygens (including phenoxy) is 3. The average molecular weight is 456 g/mol. The third-order valence-electron chi connectivity index (χ3n) is 6.59. The van der Waals surface area contributed by atoms with E-state index in [2.05, 4.69) is 5.32 Å². The number of para-hydroxylation sites is 1. The highest BCUT2D eigenvalue weighted by molar-refractivity contribution is 6.11. The lowest BCUT2D eigenvalue weighted by atomic mass is 9.77. The highest BCUT2D eigenvalue weighted by Gasteiger charge is 2.57. The van der Waals surface area contributed by atoms with Crippen LogP contribution in [0.4, 0.5) is 5.69 Å². The molecule has 3 aliphatic heterocycles. The normalized spacial score (nSPS) is 19.4. The first-order chi connectivity index (χ1) is 16.5. The third-order valence-corrected chi connectivity index (χ3v) is 6.59. The monoisotopic (exact) mass is 456 g/mol. The Balaban J connectivity index is 1.39. The van der Waals surface area contributed by atoms with Crippen molar-refractivity contribution in [2.24, 2.45) is 0 Å². The molecule has 1 unspecified atom stereocenters. The summed E-state index contributed by atoms with van der Waals surface area (Å²) < 4.78 is 17.1. The van der Waals surface area contributed by atoms with Crippen LogP contribution in [0.1, 0.15) is 40.9 Å². The van der Waals surface area contributed by atoms with E-state index in [0.717, 1.165) is 22.4 Å². The lowest BCUT2D eigenvalue weighted by Gasteiger charge is -2.23. The molecule has 0 aliphatic carbocycles. The number of anilines is 1. The molecule has 0 saturated carbocycles. The molecule has 1 spiro atoms. The summed E-state index contributed by atoms with van der Waals surface area (Å²) in [4.78, 5) is 28.4. The molecule has 3 aromatic rings. The summed E-state index contributed by atoms with van der Waals surface area (Å²) in [6.45, 7) is 4.57. The largest absolute Gasteiger partial charge is 0.491 e. The van der Waals surface area contributed by atoms with Crippen LogP contribution in [0.3, 0.4) is 0 Å². The molecular formula is C27H24N2O5. The van der Waals surface area contributed by atoms with E-state index < -0.39 is 5.41 Å². The number of amides is 2. The number of fused-ring (bicyclic) bond motifs is 5. The Labute approximate surface area is 197 Å². The van der Waals surface area contributed by atoms with E-state index in [4.69, 9.17) is 14.2 Å². The SMILES string of the molecule is CC(C)NC(=O)c1cccc(CN2C(=O)C3(COc4cc5c(cc43)OCO5)c3ccccc32)c1. The number of carbonyl (C=O) groups excluding carboxylic acids is 2. The van der Waals surface area contributed by atoms with Crippen molar-refractivity contribution >= 4 is 17.5 Å². The van der Waals surface area contributed by atoms with E-state index in [1.165, 1.54) is 0 Å². The molecule has 1 atom stereocenters. The van der Waals surface area contributed by atoms with Gasteiger partial charge in [0.05, 0.1) is 6.54 Å². The van der Waals surface area contributed by atoms with Gasteiger partial charge in [0.2, 0.25) is 12.7 Å². The Morgan fingerprint density at radius 2 is 1.76 bits per heavy atom. The molecule has 0 saturated heterocycles. The highest BCUT2D eigenvalue weighted by Crippen LogP contribution is 2.55. The van der Waals surface area contributed by atoms with Gasteiger partial charge in [0, 0.05) is 28.9 Å². The predicted octanol–water partition coefficient (Wildman–Crippen LogP) is 3.78. The molecule has 1 N–H and O–H groups in total. The average Bonchev–Trinajstić information content (AvgIpc) is 3.50. The van der Waals surface area contributed by atoms with Gasteiger partial charge in [-0.3, -0.25) is 9.59 Å². The van der Waals surface area contributed by atoms with Crippen molar-refractivity contribution in [2.75, 3.05) is 18.3 Å². The first kappa shape index (κ1) is 20.6. The Kier molecular flexibility index (Phi) is 4.55. The van der Waals surface area contributed by atoms with E-state index in [1.54, 1.807) is 11.0 Å². The fourth-order valence-electron chi connectivity index (χ4n) is 5.06. The van der Waals surface area contributed by atoms with Crippen molar-refractivity contribution in [1.82, 2.24) is 5.32 Å². The van der Waals surface area contributed by atoms with E-state index in [1.807, 2.05) is 68.4 Å². The second-order valence-electron chi connectivity index (χ2n) is 9.13. The molecule has 2 amide bonds. The van der Waals surface area contributed by atoms with E-state index >= 15 is 0 Å². The Morgan fingerprint density at radius 3 is 2.59 bits per heavy atom. The van der Waals surface area contributed by atoms with Crippen LogP contribution >= 0.6 is 0 Å². The Hall–Kier alpha value is -4.00. The fraction of sp³-hybridized carbons (Fsp3) is 0.259. The van der Waals surface area contributed by atoms with Gasteiger partial charge >= 0.3 is 0 Å². The van der Waals surface area contributed by atoms with Crippen molar-refractivity contribution in [1.29, 1.82) is 0 Å². The minimum Gasteiger partial charge on any atom is -0.491 e. The standard InChI is InChI=1S/C27H24N2O5/c1-16(2)28-25(30)18-7-5-6-17(10-18)13-29-21-9-4-3-8-19(21)27(26(29)31)14-32-22-12-24-23(11-20(22)27)33-15-34-24/h3-12,16H,13-15H2,1-2H3,(H,28,30). The smallest absolute Gasteiger partial charge is 0.251 e. The Bertz CT molecular complexity index is 1330. The summed E-state index contributed by atoms with van der Waals surface area (Å²) >= 11 is 0. The summed E-state index contributed by atoms with van der Waals surface area (Å²) in [6.07, 6.45) is 0. The summed E-state index contributed by atoms with van der Waals surface area (Å²) in [5, 5.41) is 2.92. The van der Waals surface area contributed by atoms with Crippen molar-refractivity contribution < 1.29 is 23.8 Å². The summed E-state index contributed by atoms with van der Waals surface area (Å²) in [5.41, 5.74) is 3.05. The van der Waals surface area contributed by atoms with E-state index in [9.17, 15) is 9.59 Å². The molecule has 172 valence electrons. The number of hydrogen-bond acceptors (Lipinski definition) is 5. The second-order valence-corrected chi connectivity index (χ2v) is 9.13. The van der Waals surface area contributed by atoms with Gasteiger partial charge in [0.25, 0.3) is 5.91 Å². The van der Waals surface area contributed by atoms with Crippen molar-refractivity contribution in [3.8, 4) is 17.2 Å². The first-order valence-electron chi connectivity index (χ1n) is 11.4. The van der Waals surface area contributed by atoms with Gasteiger partial charge in [-0.15, -0.1) is 0 Å². The zero-order valence-electron chi connectivity index (χ0n) is 19.0. The third kappa shape index (κ3) is 2.96. The molecule has 6 rings (SSSR count). The molecule has 0 bridgehead atoms. The van der Waals surface area contributed by atoms with Crippen molar-refractivity contribution in [3.63, 3.8) is 0 Å². The first-order valence-corrected chi connectivity index (χ1v) is 11.4. The van der Waals surface area contributed by atoms with Crippen molar-refractivity contribution in [2.45, 2.75) is 31.8 Å². The number of benzene rings is 3. The highest BCUT2D eigenvalue weighted by atomic mass is 16.7. The maximum absolute atomic E-state index is 14.1. The van der Waals surface area contributed by atoms with Crippen LogP contribution in [0.25, 0.3) is 0 Å². The fourth-order valence-corrected chi connectivity index (χ4v) is 5.06. The number of carbonyl (C=O) groups is 2. The molecule has 34 heavy (non-hydrogen) atoms. The molecule has 0 radical (unpaired) electrons. The zero-order valence-corrected chi connectivity index (χ0v) is 19.0. The summed E-state index contributed by atoms with van der Waals surface area (Å²) in [5.74, 6) is 1.71. The number of nitrogens with one attached hydrogen (secondary N) is 1. The van der Waals surface area contributed by atoms with Gasteiger partial charge < -0.3 is 24.4 Å². The maximum Gasteiger partial charge on any atom is 0.251 e. The van der Waals surface area contributed by atoms with Crippen molar-refractivity contribution in [3.05, 3.63) is 82.9 Å². The van der Waals surface area contributed by atoms with Gasteiger partial charge in [0.15, 0.2) is 11.5 Å². The van der Waals surface area contributed by atoms with Gasteiger partial charge in [0.1, 0.15) is 17.8 Å². The van der Waals surface area contributed by atoms with Crippen LogP contribution in [-0.4, -0.2) is 31.3 Å². The molecule has 3 heterocycles. The zero-order chi connectivity index (χ0) is 23.4. The minimum absolute atomic E-state index is 0.0429. The van der Waals surface area contributed by atoms with E-state index in [0.29, 0.717) is 29.4 Å². The predicted molar refractivity (Wildman–Crippen MR) is 126 cm³/mol. The maximum atomic E-state index is 14.1. The van der Waals surface area contributed by atoms with Gasteiger partial charge in [-0.05, 0) is 49.2 Å². The number of rotatable bonds is 4. The number of hydrogen-bond donors (Lipinski definition) is 1. The molecule has 0 aromatic heterocycles. The lowest BCUT2D eigenvalue weighted by molar-refractivity contribution is -0.122. The molecule has 0 fully saturated rings. The molecule has 7 heteroatoms. The lowest BCUT2D eigenvalue weighted by Crippen LogP contribution is -2.42. The molecule has 7 nitrogen and oxygen atoms in total.